The van der Waals surface area contributed by atoms with E-state index in [0.717, 1.165) is 18.3 Å². The van der Waals surface area contributed by atoms with E-state index < -0.39 is 15.7 Å². The molecule has 1 aliphatic rings. The van der Waals surface area contributed by atoms with E-state index in [4.69, 9.17) is 11.6 Å². The van der Waals surface area contributed by atoms with Crippen LogP contribution in [0.15, 0.2) is 23.1 Å². The number of hydrogen-bond donors (Lipinski definition) is 2. The number of amidine groups is 1. The highest BCUT2D eigenvalue weighted by Gasteiger charge is 2.50. The smallest absolute Gasteiger partial charge is 0.311 e. The van der Waals surface area contributed by atoms with Gasteiger partial charge in [-0.15, -0.1) is 0 Å². The second-order valence-corrected chi connectivity index (χ2v) is 8.68. The highest BCUT2D eigenvalue weighted by atomic mass is 79.9. The molecule has 2 N–H and O–H groups in total. The normalized spacial score (nSPS) is 20.6. The zero-order valence-corrected chi connectivity index (χ0v) is 18.6. The first-order chi connectivity index (χ1) is 11.2. The molecule has 0 aliphatic carbocycles. The van der Waals surface area contributed by atoms with Crippen LogP contribution in [-0.2, 0) is 15.7 Å². The lowest BCUT2D eigenvalue weighted by atomic mass is 10.0. The Hall–Kier alpha value is -0.320. The summed E-state index contributed by atoms with van der Waals surface area (Å²) in [7, 11) is -0.556. The van der Waals surface area contributed by atoms with Crippen molar-refractivity contribution in [3.63, 3.8) is 0 Å². The molecular weight excluding hydrogens is 450 g/mol. The molecule has 0 saturated carbocycles. The quantitative estimate of drug-likeness (QED) is 0.510. The topological polar surface area (TPSA) is 72.6 Å². The van der Waals surface area contributed by atoms with Gasteiger partial charge in [0.05, 0.1) is 30.9 Å². The fourth-order valence-corrected chi connectivity index (χ4v) is 5.39. The second kappa shape index (κ2) is 8.58. The lowest BCUT2D eigenvalue weighted by molar-refractivity contribution is -0.523. The molecule has 1 atom stereocenters. The first-order valence-corrected chi connectivity index (χ1v) is 10.5. The summed E-state index contributed by atoms with van der Waals surface area (Å²) < 4.78 is 28.7. The minimum atomic E-state index is -3.70. The van der Waals surface area contributed by atoms with E-state index in [1.807, 2.05) is 7.05 Å². The van der Waals surface area contributed by atoms with Crippen molar-refractivity contribution in [1.82, 2.24) is 9.62 Å². The van der Waals surface area contributed by atoms with Crippen LogP contribution in [0.4, 0.5) is 0 Å². The molecule has 0 aromatic heterocycles. The SMILES string of the molecule is CC[N+](CC)=C1SCC(O)(c2ccc(Cl)c(S(=O)(=O)NC)c2)N1C.[Br-]. The van der Waals surface area contributed by atoms with E-state index in [-0.39, 0.29) is 26.9 Å². The average molecular weight is 473 g/mol. The third-order valence-corrected chi connectivity index (χ3v) is 7.46. The maximum absolute atomic E-state index is 12.1. The van der Waals surface area contributed by atoms with Gasteiger partial charge in [-0.3, -0.25) is 4.58 Å². The minimum absolute atomic E-state index is 0. The average Bonchev–Trinajstić information content (AvgIpc) is 2.86. The van der Waals surface area contributed by atoms with Crippen LogP contribution in [0, 0.1) is 0 Å². The lowest BCUT2D eigenvalue weighted by Crippen LogP contribution is -3.00. The molecule has 142 valence electrons. The van der Waals surface area contributed by atoms with Gasteiger partial charge in [-0.05, 0) is 44.8 Å². The molecule has 0 radical (unpaired) electrons. The molecule has 6 nitrogen and oxygen atoms in total. The van der Waals surface area contributed by atoms with Gasteiger partial charge in [0.15, 0.2) is 0 Å². The molecule has 10 heteroatoms. The van der Waals surface area contributed by atoms with Gasteiger partial charge in [0, 0.05) is 5.56 Å². The number of rotatable bonds is 5. The number of sulfonamides is 1. The van der Waals surface area contributed by atoms with Crippen molar-refractivity contribution in [2.75, 3.05) is 32.9 Å². The summed E-state index contributed by atoms with van der Waals surface area (Å²) in [5.74, 6) is 0.413. The maximum atomic E-state index is 12.1. The summed E-state index contributed by atoms with van der Waals surface area (Å²) in [6.07, 6.45) is 0. The monoisotopic (exact) mass is 471 g/mol. The van der Waals surface area contributed by atoms with Gasteiger partial charge < -0.3 is 22.1 Å². The molecule has 1 aliphatic heterocycles. The van der Waals surface area contributed by atoms with Gasteiger partial charge in [0.25, 0.3) is 0 Å². The van der Waals surface area contributed by atoms with Crippen molar-refractivity contribution >= 4 is 38.6 Å². The summed E-state index contributed by atoms with van der Waals surface area (Å²) in [6.45, 7) is 5.78. The summed E-state index contributed by atoms with van der Waals surface area (Å²) in [5, 5.41) is 12.3. The standard InChI is InChI=1S/C15H23ClN3O3S2.BrH/c1-5-19(6-2)14-18(4)15(20,10-23-14)11-7-8-12(16)13(9-11)24(21,22)17-3;/h7-9,17,20H,5-6,10H2,1-4H3;1H/q+1;/p-1. The number of hydrogen-bond acceptors (Lipinski definition) is 4. The van der Waals surface area contributed by atoms with Crippen LogP contribution in [-0.4, -0.2) is 61.1 Å². The first kappa shape index (κ1) is 22.7. The number of nitrogens with one attached hydrogen (secondary N) is 1. The molecule has 1 aromatic rings. The number of thioether (sulfide) groups is 1. The third-order valence-electron chi connectivity index (χ3n) is 4.23. The van der Waals surface area contributed by atoms with Crippen LogP contribution in [0.3, 0.4) is 0 Å². The zero-order valence-electron chi connectivity index (χ0n) is 14.6. The van der Waals surface area contributed by atoms with Crippen molar-refractivity contribution < 1.29 is 35.1 Å². The van der Waals surface area contributed by atoms with Crippen LogP contribution in [0.25, 0.3) is 0 Å². The fourth-order valence-electron chi connectivity index (χ4n) is 2.66. The molecule has 1 aromatic carbocycles. The number of benzene rings is 1. The molecular formula is C15H23BrClN3O3S2. The number of aliphatic hydroxyl groups is 1. The number of halogens is 2. The van der Waals surface area contributed by atoms with E-state index in [2.05, 4.69) is 23.1 Å². The molecule has 1 saturated heterocycles. The summed E-state index contributed by atoms with van der Waals surface area (Å²) in [6, 6.07) is 4.61. The molecule has 0 amide bonds. The predicted molar refractivity (Wildman–Crippen MR) is 98.2 cm³/mol. The predicted octanol–water partition coefficient (Wildman–Crippen LogP) is -1.52. The molecule has 1 fully saturated rings. The Bertz CT molecular complexity index is 767. The van der Waals surface area contributed by atoms with Crippen molar-refractivity contribution in [1.29, 1.82) is 0 Å². The van der Waals surface area contributed by atoms with Gasteiger partial charge in [0.1, 0.15) is 4.90 Å². The molecule has 0 bridgehead atoms. The van der Waals surface area contributed by atoms with E-state index in [1.165, 1.54) is 19.2 Å². The third kappa shape index (κ3) is 4.17. The minimum Gasteiger partial charge on any atom is -1.00 e. The molecule has 25 heavy (non-hydrogen) atoms. The van der Waals surface area contributed by atoms with Crippen LogP contribution < -0.4 is 21.7 Å². The highest BCUT2D eigenvalue weighted by molar-refractivity contribution is 8.13. The summed E-state index contributed by atoms with van der Waals surface area (Å²) in [4.78, 5) is 1.76. The zero-order chi connectivity index (χ0) is 18.1. The largest absolute Gasteiger partial charge is 1.00 e. The maximum Gasteiger partial charge on any atom is 0.311 e. The Labute approximate surface area is 169 Å². The van der Waals surface area contributed by atoms with Gasteiger partial charge >= 0.3 is 5.17 Å². The van der Waals surface area contributed by atoms with Gasteiger partial charge in [-0.2, -0.15) is 0 Å². The molecule has 1 heterocycles. The second-order valence-electron chi connectivity index (χ2n) is 5.47. The van der Waals surface area contributed by atoms with E-state index in [9.17, 15) is 13.5 Å². The molecule has 0 spiro atoms. The van der Waals surface area contributed by atoms with Gasteiger partial charge in [-0.25, -0.2) is 18.0 Å². The Morgan fingerprint density at radius 3 is 2.52 bits per heavy atom. The molecule has 2 rings (SSSR count). The van der Waals surface area contributed by atoms with Crippen molar-refractivity contribution in [2.45, 2.75) is 24.5 Å². The van der Waals surface area contributed by atoms with Gasteiger partial charge in [0.2, 0.25) is 15.7 Å². The fraction of sp³-hybridized carbons (Fsp3) is 0.533. The van der Waals surface area contributed by atoms with E-state index in [1.54, 1.807) is 22.7 Å². The lowest BCUT2D eigenvalue weighted by Gasteiger charge is -2.26. The van der Waals surface area contributed by atoms with Crippen LogP contribution in [0.1, 0.15) is 19.4 Å². The van der Waals surface area contributed by atoms with Crippen molar-refractivity contribution in [3.8, 4) is 0 Å². The van der Waals surface area contributed by atoms with Crippen LogP contribution in [0.5, 0.6) is 0 Å². The van der Waals surface area contributed by atoms with Crippen LogP contribution in [0.2, 0.25) is 5.02 Å². The highest BCUT2D eigenvalue weighted by Crippen LogP contribution is 2.39. The van der Waals surface area contributed by atoms with Crippen molar-refractivity contribution in [3.05, 3.63) is 28.8 Å². The Morgan fingerprint density at radius 2 is 2.00 bits per heavy atom. The Kier molecular flexibility index (Phi) is 7.80. The first-order valence-electron chi connectivity index (χ1n) is 7.65. The molecule has 1 unspecified atom stereocenters. The van der Waals surface area contributed by atoms with Crippen molar-refractivity contribution in [2.24, 2.45) is 0 Å². The van der Waals surface area contributed by atoms with Crippen LogP contribution >= 0.6 is 23.4 Å². The summed E-state index contributed by atoms with van der Waals surface area (Å²) in [5.41, 5.74) is -0.788. The Balaban J connectivity index is 0.00000312. The summed E-state index contributed by atoms with van der Waals surface area (Å²) >= 11 is 7.59. The van der Waals surface area contributed by atoms with Gasteiger partial charge in [-0.1, -0.05) is 17.7 Å². The van der Waals surface area contributed by atoms with E-state index in [0.29, 0.717) is 11.3 Å². The number of nitrogens with zero attached hydrogens (tertiary/aromatic N) is 2. The van der Waals surface area contributed by atoms with E-state index >= 15 is 0 Å². The Morgan fingerprint density at radius 1 is 1.40 bits per heavy atom.